The minimum Gasteiger partial charge on any atom is -0.381 e. The molecule has 1 aliphatic heterocycles. The summed E-state index contributed by atoms with van der Waals surface area (Å²) in [4.78, 5) is 5.67. The number of rotatable bonds is 4. The lowest BCUT2D eigenvalue weighted by atomic mass is 9.86. The quantitative estimate of drug-likeness (QED) is 0.640. The van der Waals surface area contributed by atoms with Crippen LogP contribution < -0.4 is 0 Å². The van der Waals surface area contributed by atoms with Crippen molar-refractivity contribution in [1.29, 1.82) is 0 Å². The highest BCUT2D eigenvalue weighted by Crippen LogP contribution is 2.57. The number of benzene rings is 2. The number of hydrogen-bond acceptors (Lipinski definition) is 4. The normalized spacial score (nSPS) is 19.9. The fourth-order valence-electron chi connectivity index (χ4n) is 3.80. The molecule has 3 aromatic rings. The first kappa shape index (κ1) is 19.3. The van der Waals surface area contributed by atoms with Gasteiger partial charge in [0.15, 0.2) is 0 Å². The molecular weight excluding hydrogens is 377 g/mol. The maximum absolute atomic E-state index is 14.6. The monoisotopic (exact) mass is 401 g/mol. The maximum atomic E-state index is 14.6. The molecular formula is C22H24FNO3S. The van der Waals surface area contributed by atoms with E-state index in [4.69, 9.17) is 9.47 Å². The van der Waals surface area contributed by atoms with E-state index in [1.807, 2.05) is 36.4 Å². The lowest BCUT2D eigenvalue weighted by molar-refractivity contribution is -0.0950. The molecule has 0 bridgehead atoms. The Morgan fingerprint density at radius 2 is 1.89 bits per heavy atom. The second kappa shape index (κ2) is 7.44. The number of fused-ring (bicyclic) bond motifs is 1. The average Bonchev–Trinajstić information content (AvgIpc) is 2.73. The Kier molecular flexibility index (Phi) is 5.14. The van der Waals surface area contributed by atoms with E-state index in [-0.39, 0.29) is 5.82 Å². The van der Waals surface area contributed by atoms with E-state index >= 15 is 0 Å². The molecule has 1 unspecified atom stereocenters. The minimum absolute atomic E-state index is 0.370. The third kappa shape index (κ3) is 3.42. The van der Waals surface area contributed by atoms with Crippen LogP contribution in [0.1, 0.15) is 18.4 Å². The average molecular weight is 402 g/mol. The fraction of sp³-hybridized carbons (Fsp3) is 0.318. The van der Waals surface area contributed by atoms with Gasteiger partial charge in [0.2, 0.25) is 0 Å². The van der Waals surface area contributed by atoms with Gasteiger partial charge in [-0.15, -0.1) is 0 Å². The van der Waals surface area contributed by atoms with Crippen LogP contribution in [-0.4, -0.2) is 36.1 Å². The molecule has 1 fully saturated rings. The van der Waals surface area contributed by atoms with Crippen molar-refractivity contribution >= 4 is 21.2 Å². The third-order valence-corrected chi connectivity index (χ3v) is 7.91. The molecule has 1 aromatic heterocycles. The van der Waals surface area contributed by atoms with Gasteiger partial charge in [0, 0.05) is 54.5 Å². The van der Waals surface area contributed by atoms with Crippen LogP contribution in [0.2, 0.25) is 0 Å². The zero-order valence-electron chi connectivity index (χ0n) is 16.0. The summed E-state index contributed by atoms with van der Waals surface area (Å²) in [6, 6.07) is 14.3. The van der Waals surface area contributed by atoms with E-state index in [0.717, 1.165) is 21.4 Å². The van der Waals surface area contributed by atoms with Crippen LogP contribution in [0.4, 0.5) is 4.39 Å². The van der Waals surface area contributed by atoms with Gasteiger partial charge in [-0.3, -0.25) is 4.98 Å². The number of pyridine rings is 1. The Labute approximate surface area is 165 Å². The largest absolute Gasteiger partial charge is 0.381 e. The van der Waals surface area contributed by atoms with Crippen LogP contribution in [0.5, 0.6) is 0 Å². The van der Waals surface area contributed by atoms with E-state index in [1.165, 1.54) is 12.1 Å². The smallest absolute Gasteiger partial charge is 0.124 e. The van der Waals surface area contributed by atoms with E-state index in [1.54, 1.807) is 19.6 Å². The summed E-state index contributed by atoms with van der Waals surface area (Å²) in [5.41, 5.74) is 1.03. The molecule has 1 N–H and O–H groups in total. The molecule has 2 aromatic carbocycles. The molecule has 28 heavy (non-hydrogen) atoms. The van der Waals surface area contributed by atoms with Crippen LogP contribution in [0.25, 0.3) is 10.9 Å². The van der Waals surface area contributed by atoms with E-state index in [0.29, 0.717) is 31.0 Å². The van der Waals surface area contributed by atoms with Crippen LogP contribution in [0.3, 0.4) is 0 Å². The Morgan fingerprint density at radius 3 is 2.64 bits per heavy atom. The summed E-state index contributed by atoms with van der Waals surface area (Å²) in [5, 5.41) is 0.946. The number of ether oxygens (including phenoxy) is 2. The molecule has 0 radical (unpaired) electrons. The molecule has 2 heterocycles. The molecule has 1 atom stereocenters. The second-order valence-corrected chi connectivity index (χ2v) is 9.91. The van der Waals surface area contributed by atoms with E-state index < -0.39 is 15.9 Å². The second-order valence-electron chi connectivity index (χ2n) is 7.22. The topological polar surface area (TPSA) is 51.6 Å². The molecule has 0 spiro atoms. The molecule has 4 nitrogen and oxygen atoms in total. The Bertz CT molecular complexity index is 1000. The van der Waals surface area contributed by atoms with Gasteiger partial charge in [0.1, 0.15) is 5.82 Å². The zero-order valence-corrected chi connectivity index (χ0v) is 16.8. The SMILES string of the molecule is COC1(c2cc(F)cc(S(C)(O)c3ccc4ncccc4c3)c2)CCOCC1. The third-order valence-electron chi connectivity index (χ3n) is 5.58. The van der Waals surface area contributed by atoms with E-state index in [2.05, 4.69) is 4.98 Å². The highest BCUT2D eigenvalue weighted by atomic mass is 32.3. The van der Waals surface area contributed by atoms with Crippen molar-refractivity contribution in [2.24, 2.45) is 0 Å². The lowest BCUT2D eigenvalue weighted by Gasteiger charge is -2.38. The van der Waals surface area contributed by atoms with Crippen molar-refractivity contribution < 1.29 is 18.4 Å². The molecule has 148 valence electrons. The Morgan fingerprint density at radius 1 is 1.11 bits per heavy atom. The van der Waals surface area contributed by atoms with Crippen LogP contribution in [0, 0.1) is 5.82 Å². The standard InChI is InChI=1S/C22H24FNO3S/c1-26-22(7-10-27-11-8-22)17-13-18(23)15-20(14-17)28(2,25)19-5-6-21-16(12-19)4-3-9-24-21/h3-6,9,12-15,25H,7-8,10-11H2,1-2H3. The number of nitrogens with zero attached hydrogens (tertiary/aromatic N) is 1. The van der Waals surface area contributed by atoms with Crippen molar-refractivity contribution in [3.63, 3.8) is 0 Å². The van der Waals surface area contributed by atoms with Gasteiger partial charge in [-0.1, -0.05) is 16.4 Å². The van der Waals surface area contributed by atoms with Crippen LogP contribution >= 0.6 is 10.3 Å². The Hall–Kier alpha value is -1.99. The first-order valence-corrected chi connectivity index (χ1v) is 11.2. The number of hydrogen-bond donors (Lipinski definition) is 1. The molecule has 0 saturated carbocycles. The predicted molar refractivity (Wildman–Crippen MR) is 110 cm³/mol. The molecule has 1 aliphatic rings. The van der Waals surface area contributed by atoms with Gasteiger partial charge in [-0.25, -0.2) is 4.39 Å². The number of halogens is 1. The summed E-state index contributed by atoms with van der Waals surface area (Å²) < 4.78 is 37.3. The molecule has 1 saturated heterocycles. The van der Waals surface area contributed by atoms with Gasteiger partial charge >= 0.3 is 0 Å². The molecule has 0 amide bonds. The van der Waals surface area contributed by atoms with Gasteiger partial charge < -0.3 is 14.0 Å². The van der Waals surface area contributed by atoms with Gasteiger partial charge in [-0.05, 0) is 54.3 Å². The minimum atomic E-state index is -2.40. The summed E-state index contributed by atoms with van der Waals surface area (Å²) in [6.45, 7) is 1.14. The Balaban J connectivity index is 1.79. The predicted octanol–water partition coefficient (Wildman–Crippen LogP) is 5.35. The van der Waals surface area contributed by atoms with Gasteiger partial charge in [-0.2, -0.15) is 0 Å². The number of methoxy groups -OCH3 is 1. The van der Waals surface area contributed by atoms with Gasteiger partial charge in [0.05, 0.1) is 11.1 Å². The number of aromatic nitrogens is 1. The van der Waals surface area contributed by atoms with E-state index in [9.17, 15) is 8.94 Å². The van der Waals surface area contributed by atoms with Crippen molar-refractivity contribution in [2.45, 2.75) is 28.2 Å². The summed E-state index contributed by atoms with van der Waals surface area (Å²) >= 11 is 0. The van der Waals surface area contributed by atoms with Crippen LogP contribution in [0.15, 0.2) is 64.5 Å². The van der Waals surface area contributed by atoms with Crippen LogP contribution in [-0.2, 0) is 15.1 Å². The molecule has 6 heteroatoms. The summed E-state index contributed by atoms with van der Waals surface area (Å²) in [6.07, 6.45) is 4.83. The fourth-order valence-corrected chi connectivity index (χ4v) is 5.46. The van der Waals surface area contributed by atoms with Gasteiger partial charge in [0.25, 0.3) is 0 Å². The summed E-state index contributed by atoms with van der Waals surface area (Å²) in [5.74, 6) is -0.370. The lowest BCUT2D eigenvalue weighted by Crippen LogP contribution is -2.35. The first-order valence-electron chi connectivity index (χ1n) is 9.24. The first-order chi connectivity index (χ1) is 13.4. The highest BCUT2D eigenvalue weighted by Gasteiger charge is 2.36. The molecule has 0 aliphatic carbocycles. The van der Waals surface area contributed by atoms with Crippen molar-refractivity contribution in [3.8, 4) is 0 Å². The zero-order chi connectivity index (χ0) is 19.8. The molecule has 4 rings (SSSR count). The van der Waals surface area contributed by atoms with Crippen molar-refractivity contribution in [1.82, 2.24) is 4.98 Å². The van der Waals surface area contributed by atoms with Crippen molar-refractivity contribution in [2.75, 3.05) is 26.6 Å². The highest BCUT2D eigenvalue weighted by molar-refractivity contribution is 8.28. The summed E-state index contributed by atoms with van der Waals surface area (Å²) in [7, 11) is -0.754. The maximum Gasteiger partial charge on any atom is 0.124 e. The van der Waals surface area contributed by atoms with Crippen molar-refractivity contribution in [3.05, 3.63) is 66.1 Å².